The Morgan fingerprint density at radius 2 is 1.73 bits per heavy atom. The molecule has 1 aliphatic rings. The number of nitrogens with zero attached hydrogens (tertiary/aromatic N) is 1. The largest absolute Gasteiger partial charge is 0.328 e. The molecule has 0 aromatic heterocycles. The molecule has 1 rings (SSSR count). The van der Waals surface area contributed by atoms with Crippen LogP contribution in [0.5, 0.6) is 0 Å². The van der Waals surface area contributed by atoms with Gasteiger partial charge in [0.15, 0.2) is 11.6 Å². The number of likely N-dealkylation sites (tertiary alicyclic amines) is 1. The summed E-state index contributed by atoms with van der Waals surface area (Å²) in [6, 6.07) is 0. The molecule has 1 saturated heterocycles. The van der Waals surface area contributed by atoms with Crippen molar-refractivity contribution in [2.75, 3.05) is 13.1 Å². The molecule has 1 aliphatic heterocycles. The summed E-state index contributed by atoms with van der Waals surface area (Å²) in [6.45, 7) is 1.55. The number of rotatable bonds is 0. The monoisotopic (exact) mass is 155 g/mol. The molecule has 0 atom stereocenters. The third-order valence-corrected chi connectivity index (χ3v) is 1.57. The first-order chi connectivity index (χ1) is 5.09. The quantitative estimate of drug-likeness (QED) is 0.438. The molecule has 0 N–H and O–H groups in total. The Bertz CT molecular complexity index is 206. The zero-order valence-corrected chi connectivity index (χ0v) is 6.29. The summed E-state index contributed by atoms with van der Waals surface area (Å²) in [4.78, 5) is 33.5. The molecule has 0 saturated carbocycles. The highest BCUT2D eigenvalue weighted by Crippen LogP contribution is 2.02. The molecule has 1 amide bonds. The Balaban J connectivity index is 2.63. The lowest BCUT2D eigenvalue weighted by Gasteiger charge is -2.23. The molecule has 1 heterocycles. The maximum Gasteiger partial charge on any atom is 0.220 e. The van der Waals surface area contributed by atoms with E-state index >= 15 is 0 Å². The molecule has 0 aromatic carbocycles. The van der Waals surface area contributed by atoms with Crippen LogP contribution < -0.4 is 0 Å². The lowest BCUT2D eigenvalue weighted by atomic mass is 10.1. The van der Waals surface area contributed by atoms with Gasteiger partial charge in [-0.15, -0.1) is 0 Å². The predicted octanol–water partition coefficient (Wildman–Crippen LogP) is -0.623. The first-order valence-electron chi connectivity index (χ1n) is 3.38. The van der Waals surface area contributed by atoms with Gasteiger partial charge in [0.05, 0.1) is 19.5 Å². The molecule has 4 nitrogen and oxygen atoms in total. The smallest absolute Gasteiger partial charge is 0.220 e. The molecule has 0 aliphatic carbocycles. The van der Waals surface area contributed by atoms with Gasteiger partial charge in [0.2, 0.25) is 5.91 Å². The predicted molar refractivity (Wildman–Crippen MR) is 36.9 cm³/mol. The van der Waals surface area contributed by atoms with Crippen molar-refractivity contribution in [1.82, 2.24) is 4.90 Å². The number of ketones is 2. The van der Waals surface area contributed by atoms with Crippen molar-refractivity contribution in [2.45, 2.75) is 13.3 Å². The van der Waals surface area contributed by atoms with Gasteiger partial charge < -0.3 is 4.90 Å². The van der Waals surface area contributed by atoms with E-state index in [1.807, 2.05) is 0 Å². The maximum atomic E-state index is 10.8. The third-order valence-electron chi connectivity index (χ3n) is 1.57. The van der Waals surface area contributed by atoms with Crippen LogP contribution in [0.25, 0.3) is 0 Å². The van der Waals surface area contributed by atoms with Crippen molar-refractivity contribution in [1.29, 1.82) is 0 Å². The summed E-state index contributed by atoms with van der Waals surface area (Å²) in [5.41, 5.74) is 0. The Hall–Kier alpha value is -1.19. The average Bonchev–Trinajstić information content (AvgIpc) is 1.85. The zero-order chi connectivity index (χ0) is 8.43. The highest BCUT2D eigenvalue weighted by Gasteiger charge is 2.24. The topological polar surface area (TPSA) is 54.5 Å². The molecule has 11 heavy (non-hydrogen) atoms. The number of hydrogen-bond acceptors (Lipinski definition) is 3. The van der Waals surface area contributed by atoms with Crippen LogP contribution in [0.1, 0.15) is 13.3 Å². The summed E-state index contributed by atoms with van der Waals surface area (Å²) >= 11 is 0. The molecule has 0 radical (unpaired) electrons. The minimum Gasteiger partial charge on any atom is -0.328 e. The fourth-order valence-electron chi connectivity index (χ4n) is 1.04. The first-order valence-corrected chi connectivity index (χ1v) is 3.38. The number of amides is 1. The maximum absolute atomic E-state index is 10.8. The van der Waals surface area contributed by atoms with Gasteiger partial charge in [-0.3, -0.25) is 14.4 Å². The van der Waals surface area contributed by atoms with Crippen LogP contribution in [0.2, 0.25) is 0 Å². The summed E-state index contributed by atoms with van der Waals surface area (Å²) in [7, 11) is 0. The lowest BCUT2D eigenvalue weighted by molar-refractivity contribution is -0.141. The van der Waals surface area contributed by atoms with Gasteiger partial charge in [0.25, 0.3) is 0 Å². The summed E-state index contributed by atoms with van der Waals surface area (Å²) in [5, 5.41) is 0. The minimum atomic E-state index is -0.216. The minimum absolute atomic E-state index is 0.0101. The zero-order valence-electron chi connectivity index (χ0n) is 6.29. The van der Waals surface area contributed by atoms with E-state index in [2.05, 4.69) is 0 Å². The van der Waals surface area contributed by atoms with Crippen LogP contribution in [0.3, 0.4) is 0 Å². The third kappa shape index (κ3) is 1.86. The molecule has 0 bridgehead atoms. The Morgan fingerprint density at radius 1 is 1.27 bits per heavy atom. The standard InChI is InChI=1S/C7H9NO3/c1-5(9)8-3-6(10)2-7(11)4-8/h2-4H2,1H3. The van der Waals surface area contributed by atoms with Gasteiger partial charge in [0.1, 0.15) is 0 Å². The number of hydrogen-bond donors (Lipinski definition) is 0. The number of piperidine rings is 1. The second-order valence-corrected chi connectivity index (χ2v) is 2.63. The van der Waals surface area contributed by atoms with Crippen molar-refractivity contribution in [3.63, 3.8) is 0 Å². The molecule has 0 spiro atoms. The van der Waals surface area contributed by atoms with Crippen LogP contribution in [-0.2, 0) is 14.4 Å². The molecule has 0 aromatic rings. The second kappa shape index (κ2) is 2.82. The van der Waals surface area contributed by atoms with Crippen LogP contribution in [-0.4, -0.2) is 35.5 Å². The molecule has 0 unspecified atom stereocenters. The molecular formula is C7H9NO3. The van der Waals surface area contributed by atoms with Crippen LogP contribution in [0.15, 0.2) is 0 Å². The van der Waals surface area contributed by atoms with Gasteiger partial charge in [-0.05, 0) is 0 Å². The second-order valence-electron chi connectivity index (χ2n) is 2.63. The SMILES string of the molecule is CC(=O)N1CC(=O)CC(=O)C1. The van der Waals surface area contributed by atoms with Crippen molar-refractivity contribution in [3.05, 3.63) is 0 Å². The summed E-state index contributed by atoms with van der Waals surface area (Å²) in [6.07, 6.45) is -0.0101. The fraction of sp³-hybridized carbons (Fsp3) is 0.571. The summed E-state index contributed by atoms with van der Waals surface area (Å²) in [5.74, 6) is -0.556. The van der Waals surface area contributed by atoms with Crippen LogP contribution in [0, 0.1) is 0 Å². The van der Waals surface area contributed by atoms with Crippen molar-refractivity contribution in [2.24, 2.45) is 0 Å². The first kappa shape index (κ1) is 7.91. The van der Waals surface area contributed by atoms with Crippen molar-refractivity contribution >= 4 is 17.5 Å². The molecule has 4 heteroatoms. The van der Waals surface area contributed by atoms with E-state index in [-0.39, 0.29) is 37.0 Å². The Labute approximate surface area is 64.2 Å². The van der Waals surface area contributed by atoms with Crippen molar-refractivity contribution in [3.8, 4) is 0 Å². The van der Waals surface area contributed by atoms with Gasteiger partial charge in [-0.25, -0.2) is 0 Å². The van der Waals surface area contributed by atoms with E-state index in [4.69, 9.17) is 0 Å². The van der Waals surface area contributed by atoms with E-state index in [1.54, 1.807) is 0 Å². The molecular weight excluding hydrogens is 146 g/mol. The van der Waals surface area contributed by atoms with Gasteiger partial charge in [-0.1, -0.05) is 0 Å². The Morgan fingerprint density at radius 3 is 2.09 bits per heavy atom. The molecule has 1 fully saturated rings. The van der Waals surface area contributed by atoms with E-state index in [0.29, 0.717) is 0 Å². The van der Waals surface area contributed by atoms with E-state index in [0.717, 1.165) is 0 Å². The molecule has 60 valence electrons. The van der Waals surface area contributed by atoms with Crippen LogP contribution in [0.4, 0.5) is 0 Å². The van der Waals surface area contributed by atoms with E-state index < -0.39 is 0 Å². The average molecular weight is 155 g/mol. The van der Waals surface area contributed by atoms with Crippen molar-refractivity contribution < 1.29 is 14.4 Å². The van der Waals surface area contributed by atoms with Crippen LogP contribution >= 0.6 is 0 Å². The van der Waals surface area contributed by atoms with Gasteiger partial charge >= 0.3 is 0 Å². The summed E-state index contributed by atoms with van der Waals surface area (Å²) < 4.78 is 0. The van der Waals surface area contributed by atoms with E-state index in [1.165, 1.54) is 11.8 Å². The lowest BCUT2D eigenvalue weighted by Crippen LogP contribution is -2.43. The van der Waals surface area contributed by atoms with Gasteiger partial charge in [0, 0.05) is 6.92 Å². The highest BCUT2D eigenvalue weighted by molar-refractivity contribution is 6.05. The number of Topliss-reactive ketones (excluding diaryl/α,β-unsaturated/α-hetero) is 2. The fourth-order valence-corrected chi connectivity index (χ4v) is 1.04. The Kier molecular flexibility index (Phi) is 2.03. The van der Waals surface area contributed by atoms with E-state index in [9.17, 15) is 14.4 Å². The number of carbonyl (C=O) groups is 3. The highest BCUT2D eigenvalue weighted by atomic mass is 16.2. The number of carbonyl (C=O) groups excluding carboxylic acids is 3. The normalized spacial score (nSPS) is 18.8. The van der Waals surface area contributed by atoms with Gasteiger partial charge in [-0.2, -0.15) is 0 Å².